The van der Waals surface area contributed by atoms with Gasteiger partial charge in [-0.05, 0) is 0 Å². The topological polar surface area (TPSA) is 37.3 Å². The molecule has 0 amide bonds. The van der Waals surface area contributed by atoms with Crippen molar-refractivity contribution in [3.05, 3.63) is 0 Å². The van der Waals surface area contributed by atoms with Gasteiger partial charge in [0, 0.05) is 6.42 Å². The first-order valence-corrected chi connectivity index (χ1v) is 6.08. The summed E-state index contributed by atoms with van der Waals surface area (Å²) in [6, 6.07) is 0. The van der Waals surface area contributed by atoms with Crippen molar-refractivity contribution in [1.29, 1.82) is 0 Å². The molecule has 0 heterocycles. The van der Waals surface area contributed by atoms with E-state index in [9.17, 15) is 53.1 Å². The van der Waals surface area contributed by atoms with Gasteiger partial charge in [-0.3, -0.25) is 4.79 Å². The van der Waals surface area contributed by atoms with Crippen LogP contribution in [0.1, 0.15) is 32.1 Å². The number of rotatable bonds is 9. The van der Waals surface area contributed by atoms with E-state index in [1.54, 1.807) is 0 Å². The van der Waals surface area contributed by atoms with Crippen LogP contribution in [0.25, 0.3) is 0 Å². The van der Waals surface area contributed by atoms with Crippen molar-refractivity contribution in [1.82, 2.24) is 0 Å². The van der Waals surface area contributed by atoms with Gasteiger partial charge < -0.3 is 5.11 Å². The lowest BCUT2D eigenvalue weighted by molar-refractivity contribution is -0.304. The average Bonchev–Trinajstić information content (AvgIpc) is 2.19. The van der Waals surface area contributed by atoms with E-state index in [2.05, 4.69) is 0 Å². The fourth-order valence-electron chi connectivity index (χ4n) is 1.69. The molecule has 13 heteroatoms. The second-order valence-corrected chi connectivity index (χ2v) is 5.19. The van der Waals surface area contributed by atoms with Crippen LogP contribution in [0.3, 0.4) is 0 Å². The van der Waals surface area contributed by atoms with Crippen LogP contribution < -0.4 is 0 Å². The maximum atomic E-state index is 13.2. The van der Waals surface area contributed by atoms with Crippen molar-refractivity contribution < 1.29 is 58.2 Å². The standard InChI is InChI=1S/C11H11F11O2/c12-7(13,2-1-6(23)24)3-8(14,15)4-9(16,17)5-10(18,19)11(20,21)22/h1-5H2,(H,23,24). The summed E-state index contributed by atoms with van der Waals surface area (Å²) in [5.41, 5.74) is 0. The van der Waals surface area contributed by atoms with Crippen molar-refractivity contribution in [2.75, 3.05) is 0 Å². The van der Waals surface area contributed by atoms with Gasteiger partial charge in [-0.25, -0.2) is 26.3 Å². The summed E-state index contributed by atoms with van der Waals surface area (Å²) in [5, 5.41) is 8.13. The molecule has 0 fully saturated rings. The van der Waals surface area contributed by atoms with E-state index >= 15 is 0 Å². The van der Waals surface area contributed by atoms with Gasteiger partial charge in [0.05, 0.1) is 25.7 Å². The van der Waals surface area contributed by atoms with Gasteiger partial charge in [0.25, 0.3) is 17.8 Å². The Morgan fingerprint density at radius 3 is 1.42 bits per heavy atom. The highest BCUT2D eigenvalue weighted by Crippen LogP contribution is 2.47. The molecule has 0 saturated heterocycles. The maximum Gasteiger partial charge on any atom is 0.453 e. The van der Waals surface area contributed by atoms with Crippen molar-refractivity contribution >= 4 is 5.97 Å². The molecule has 2 nitrogen and oxygen atoms in total. The quantitative estimate of drug-likeness (QED) is 0.560. The molecular weight excluding hydrogens is 373 g/mol. The third-order valence-corrected chi connectivity index (χ3v) is 2.63. The smallest absolute Gasteiger partial charge is 0.453 e. The van der Waals surface area contributed by atoms with Crippen LogP contribution in [0.2, 0.25) is 0 Å². The molecule has 0 saturated carbocycles. The Balaban J connectivity index is 4.97. The third-order valence-electron chi connectivity index (χ3n) is 2.63. The normalized spacial score (nSPS) is 14.8. The Bertz CT molecular complexity index is 442. The number of hydrogen-bond donors (Lipinski definition) is 1. The fourth-order valence-corrected chi connectivity index (χ4v) is 1.69. The first-order valence-electron chi connectivity index (χ1n) is 6.08. The van der Waals surface area contributed by atoms with Gasteiger partial charge in [0.15, 0.2) is 0 Å². The molecule has 24 heavy (non-hydrogen) atoms. The van der Waals surface area contributed by atoms with Crippen molar-refractivity contribution in [2.24, 2.45) is 0 Å². The third kappa shape index (κ3) is 7.99. The van der Waals surface area contributed by atoms with Crippen LogP contribution in [-0.4, -0.2) is 40.9 Å². The first kappa shape index (κ1) is 22.7. The lowest BCUT2D eigenvalue weighted by atomic mass is 9.97. The predicted octanol–water partition coefficient (Wildman–Crippen LogP) is 5.13. The molecule has 144 valence electrons. The average molecular weight is 384 g/mol. The second-order valence-electron chi connectivity index (χ2n) is 5.19. The number of halogens is 11. The van der Waals surface area contributed by atoms with Crippen molar-refractivity contribution in [3.63, 3.8) is 0 Å². The summed E-state index contributed by atoms with van der Waals surface area (Å²) in [6.07, 6.45) is -18.2. The second kappa shape index (κ2) is 6.90. The van der Waals surface area contributed by atoms with Crippen LogP contribution >= 0.6 is 0 Å². The molecule has 1 N–H and O–H groups in total. The van der Waals surface area contributed by atoms with E-state index in [0.717, 1.165) is 0 Å². The van der Waals surface area contributed by atoms with E-state index in [1.807, 2.05) is 0 Å². The maximum absolute atomic E-state index is 13.2. The van der Waals surface area contributed by atoms with Crippen molar-refractivity contribution in [2.45, 2.75) is 62.0 Å². The van der Waals surface area contributed by atoms with Crippen LogP contribution in [-0.2, 0) is 4.79 Å². The minimum atomic E-state index is -6.42. The molecular formula is C11H11F11O2. The Morgan fingerprint density at radius 1 is 0.667 bits per heavy atom. The highest BCUT2D eigenvalue weighted by molar-refractivity contribution is 5.66. The zero-order valence-electron chi connectivity index (χ0n) is 11.5. The summed E-state index contributed by atoms with van der Waals surface area (Å²) < 4.78 is 139. The zero-order valence-corrected chi connectivity index (χ0v) is 11.5. The van der Waals surface area contributed by atoms with Gasteiger partial charge in [-0.15, -0.1) is 0 Å². The van der Waals surface area contributed by atoms with Crippen LogP contribution in [0.15, 0.2) is 0 Å². The van der Waals surface area contributed by atoms with Gasteiger partial charge in [-0.1, -0.05) is 0 Å². The number of aliphatic carboxylic acids is 1. The van der Waals surface area contributed by atoms with Gasteiger partial charge >= 0.3 is 18.1 Å². The molecule has 0 spiro atoms. The monoisotopic (exact) mass is 384 g/mol. The number of carbonyl (C=O) groups is 1. The highest BCUT2D eigenvalue weighted by Gasteiger charge is 2.63. The lowest BCUT2D eigenvalue weighted by Crippen LogP contribution is -2.44. The Morgan fingerprint density at radius 2 is 1.04 bits per heavy atom. The van der Waals surface area contributed by atoms with E-state index < -0.39 is 67.9 Å². The molecule has 0 bridgehead atoms. The minimum Gasteiger partial charge on any atom is -0.481 e. The Kier molecular flexibility index (Phi) is 6.53. The summed E-state index contributed by atoms with van der Waals surface area (Å²) in [7, 11) is 0. The van der Waals surface area contributed by atoms with E-state index in [0.29, 0.717) is 0 Å². The highest BCUT2D eigenvalue weighted by atomic mass is 19.4. The molecule has 0 aliphatic rings. The number of alkyl halides is 11. The summed E-state index contributed by atoms with van der Waals surface area (Å²) in [4.78, 5) is 10.1. The van der Waals surface area contributed by atoms with Crippen LogP contribution in [0, 0.1) is 0 Å². The fraction of sp³-hybridized carbons (Fsp3) is 0.909. The van der Waals surface area contributed by atoms with Crippen molar-refractivity contribution in [3.8, 4) is 0 Å². The number of carboxylic acids is 1. The molecule has 0 radical (unpaired) electrons. The molecule has 0 aliphatic heterocycles. The molecule has 0 aromatic rings. The summed E-state index contributed by atoms with van der Waals surface area (Å²) >= 11 is 0. The van der Waals surface area contributed by atoms with E-state index in [4.69, 9.17) is 5.11 Å². The van der Waals surface area contributed by atoms with E-state index in [-0.39, 0.29) is 0 Å². The number of hydrogen-bond acceptors (Lipinski definition) is 1. The van der Waals surface area contributed by atoms with Gasteiger partial charge in [0.2, 0.25) is 0 Å². The Hall–Kier alpha value is -1.30. The van der Waals surface area contributed by atoms with Gasteiger partial charge in [0.1, 0.15) is 0 Å². The molecule has 0 atom stereocenters. The molecule has 0 unspecified atom stereocenters. The predicted molar refractivity (Wildman–Crippen MR) is 56.6 cm³/mol. The largest absolute Gasteiger partial charge is 0.481 e. The molecule has 0 aromatic heterocycles. The number of carboxylic acid groups (broad SMARTS) is 1. The SMILES string of the molecule is O=C(O)CCC(F)(F)CC(F)(F)CC(F)(F)CC(F)(F)C(F)(F)F. The van der Waals surface area contributed by atoms with E-state index in [1.165, 1.54) is 0 Å². The molecule has 0 rings (SSSR count). The van der Waals surface area contributed by atoms with Gasteiger partial charge in [-0.2, -0.15) is 22.0 Å². The lowest BCUT2D eigenvalue weighted by Gasteiger charge is -2.29. The molecule has 0 aliphatic carbocycles. The molecule has 0 aromatic carbocycles. The summed E-state index contributed by atoms with van der Waals surface area (Å²) in [5.74, 6) is -22.5. The first-order chi connectivity index (χ1) is 10.3. The summed E-state index contributed by atoms with van der Waals surface area (Å²) in [6.45, 7) is 0. The zero-order chi connectivity index (χ0) is 19.6. The van der Waals surface area contributed by atoms with Crippen LogP contribution in [0.5, 0.6) is 0 Å². The van der Waals surface area contributed by atoms with Crippen LogP contribution in [0.4, 0.5) is 48.3 Å². The minimum absolute atomic E-state index is 1.27. The Labute approximate surface area is 127 Å².